The predicted molar refractivity (Wildman–Crippen MR) is 84.9 cm³/mol. The van der Waals surface area contributed by atoms with Crippen molar-refractivity contribution in [1.29, 1.82) is 0 Å². The molecule has 0 saturated heterocycles. The van der Waals surface area contributed by atoms with Crippen molar-refractivity contribution < 1.29 is 13.2 Å². The Bertz CT molecular complexity index is 867. The van der Waals surface area contributed by atoms with Crippen LogP contribution in [0, 0.1) is 0 Å². The lowest BCUT2D eigenvalue weighted by molar-refractivity contribution is 0.103. The van der Waals surface area contributed by atoms with Crippen LogP contribution in [-0.2, 0) is 9.84 Å². The molecule has 0 spiro atoms. The summed E-state index contributed by atoms with van der Waals surface area (Å²) in [5.41, 5.74) is 1.35. The third-order valence-electron chi connectivity index (χ3n) is 3.29. The number of hydrogen-bond donors (Lipinski definition) is 0. The van der Waals surface area contributed by atoms with Gasteiger partial charge in [0, 0.05) is 15.6 Å². The van der Waals surface area contributed by atoms with Gasteiger partial charge in [-0.15, -0.1) is 0 Å². The van der Waals surface area contributed by atoms with Crippen LogP contribution in [0.15, 0.2) is 63.5 Å². The third kappa shape index (κ3) is 2.71. The average molecular weight is 363 g/mol. The monoisotopic (exact) mass is 362 g/mol. The fourth-order valence-electron chi connectivity index (χ4n) is 2.35. The normalized spacial score (nSPS) is 18.5. The quantitative estimate of drug-likeness (QED) is 0.729. The molecule has 1 heterocycles. The molecular formula is C16H11BrO3S. The van der Waals surface area contributed by atoms with Gasteiger partial charge in [0.1, 0.15) is 0 Å². The Hall–Kier alpha value is -1.72. The second kappa shape index (κ2) is 5.24. The van der Waals surface area contributed by atoms with Gasteiger partial charge in [-0.1, -0.05) is 40.2 Å². The molecular weight excluding hydrogens is 352 g/mol. The Morgan fingerprint density at radius 1 is 1.05 bits per heavy atom. The summed E-state index contributed by atoms with van der Waals surface area (Å²) >= 11 is 3.36. The summed E-state index contributed by atoms with van der Waals surface area (Å²) in [5.74, 6) is -0.476. The van der Waals surface area contributed by atoms with Crippen molar-refractivity contribution >= 4 is 37.6 Å². The molecule has 5 heteroatoms. The second-order valence-corrected chi connectivity index (χ2v) is 7.68. The first kappa shape index (κ1) is 14.2. The van der Waals surface area contributed by atoms with Crippen LogP contribution in [0.5, 0.6) is 0 Å². The summed E-state index contributed by atoms with van der Waals surface area (Å²) in [4.78, 5) is 12.6. The van der Waals surface area contributed by atoms with Gasteiger partial charge in [0.05, 0.1) is 10.6 Å². The summed E-state index contributed by atoms with van der Waals surface area (Å²) in [6, 6.07) is 13.7. The minimum atomic E-state index is -3.46. The van der Waals surface area contributed by atoms with Gasteiger partial charge < -0.3 is 0 Å². The zero-order valence-corrected chi connectivity index (χ0v) is 13.3. The lowest BCUT2D eigenvalue weighted by Gasteiger charge is -2.17. The highest BCUT2D eigenvalue weighted by molar-refractivity contribution is 9.10. The van der Waals surface area contributed by atoms with E-state index in [1.165, 1.54) is 6.07 Å². The molecule has 0 N–H and O–H groups in total. The van der Waals surface area contributed by atoms with E-state index in [-0.39, 0.29) is 22.0 Å². The summed E-state index contributed by atoms with van der Waals surface area (Å²) in [6.45, 7) is 0. The average Bonchev–Trinajstić information content (AvgIpc) is 2.44. The first-order chi connectivity index (χ1) is 9.97. The molecule has 0 aliphatic carbocycles. The molecule has 0 radical (unpaired) electrons. The summed E-state index contributed by atoms with van der Waals surface area (Å²) in [5, 5.41) is 0. The van der Waals surface area contributed by atoms with E-state index in [1.807, 2.05) is 24.3 Å². The predicted octanol–water partition coefficient (Wildman–Crippen LogP) is 3.50. The molecule has 1 aliphatic rings. The van der Waals surface area contributed by atoms with Crippen LogP contribution in [0.3, 0.4) is 0 Å². The lowest BCUT2D eigenvalue weighted by Crippen LogP contribution is -2.24. The molecule has 0 unspecified atom stereocenters. The van der Waals surface area contributed by atoms with Crippen LogP contribution in [-0.4, -0.2) is 20.0 Å². The van der Waals surface area contributed by atoms with Crippen LogP contribution < -0.4 is 0 Å². The molecule has 0 atom stereocenters. The van der Waals surface area contributed by atoms with Gasteiger partial charge in [0.15, 0.2) is 15.6 Å². The standard InChI is InChI=1S/C16H11BrO3S/c17-13-5-3-4-11(9-13)8-12-10-21(19,20)15-7-2-1-6-14(15)16(12)18/h1-9H,10H2. The van der Waals surface area contributed by atoms with Crippen LogP contribution >= 0.6 is 15.9 Å². The van der Waals surface area contributed by atoms with E-state index in [0.717, 1.165) is 10.0 Å². The number of benzene rings is 2. The molecule has 0 bridgehead atoms. The molecule has 0 aromatic heterocycles. The van der Waals surface area contributed by atoms with Crippen molar-refractivity contribution in [3.8, 4) is 0 Å². The fraction of sp³-hybridized carbons (Fsp3) is 0.0625. The minimum absolute atomic E-state index is 0.126. The highest BCUT2D eigenvalue weighted by Gasteiger charge is 2.32. The number of rotatable bonds is 1. The van der Waals surface area contributed by atoms with Crippen molar-refractivity contribution in [2.45, 2.75) is 4.90 Å². The van der Waals surface area contributed by atoms with Gasteiger partial charge in [-0.3, -0.25) is 4.79 Å². The topological polar surface area (TPSA) is 51.2 Å². The highest BCUT2D eigenvalue weighted by Crippen LogP contribution is 2.29. The summed E-state index contributed by atoms with van der Waals surface area (Å²) < 4.78 is 25.4. The van der Waals surface area contributed by atoms with Crippen LogP contribution in [0.1, 0.15) is 15.9 Å². The van der Waals surface area contributed by atoms with Gasteiger partial charge in [-0.2, -0.15) is 0 Å². The van der Waals surface area contributed by atoms with E-state index < -0.39 is 9.84 Å². The van der Waals surface area contributed by atoms with Gasteiger partial charge in [0.25, 0.3) is 0 Å². The van der Waals surface area contributed by atoms with Crippen molar-refractivity contribution in [2.75, 3.05) is 5.75 Å². The van der Waals surface area contributed by atoms with Crippen LogP contribution in [0.25, 0.3) is 6.08 Å². The van der Waals surface area contributed by atoms with Gasteiger partial charge in [-0.05, 0) is 35.9 Å². The number of hydrogen-bond acceptors (Lipinski definition) is 3. The van der Waals surface area contributed by atoms with Gasteiger partial charge in [0.2, 0.25) is 0 Å². The number of sulfone groups is 1. The Morgan fingerprint density at radius 2 is 1.81 bits per heavy atom. The molecule has 0 fully saturated rings. The van der Waals surface area contributed by atoms with Gasteiger partial charge in [-0.25, -0.2) is 8.42 Å². The minimum Gasteiger partial charge on any atom is -0.289 e. The van der Waals surface area contributed by atoms with Crippen molar-refractivity contribution in [3.05, 3.63) is 69.7 Å². The molecule has 0 amide bonds. The molecule has 3 rings (SSSR count). The second-order valence-electron chi connectivity index (χ2n) is 4.81. The van der Waals surface area contributed by atoms with Crippen LogP contribution in [0.2, 0.25) is 0 Å². The zero-order chi connectivity index (χ0) is 15.0. The molecule has 21 heavy (non-hydrogen) atoms. The number of Topliss-reactive ketones (excluding diaryl/α,β-unsaturated/α-hetero) is 1. The fourth-order valence-corrected chi connectivity index (χ4v) is 4.33. The molecule has 0 saturated carbocycles. The number of fused-ring (bicyclic) bond motifs is 1. The van der Waals surface area contributed by atoms with Crippen molar-refractivity contribution in [2.24, 2.45) is 0 Å². The van der Waals surface area contributed by atoms with Gasteiger partial charge >= 0.3 is 0 Å². The first-order valence-electron chi connectivity index (χ1n) is 6.30. The summed E-state index contributed by atoms with van der Waals surface area (Å²) in [6.07, 6.45) is 1.64. The number of carbonyl (C=O) groups is 1. The number of carbonyl (C=O) groups excluding carboxylic acids is 1. The maximum absolute atomic E-state index is 12.4. The van der Waals surface area contributed by atoms with E-state index in [0.29, 0.717) is 5.57 Å². The smallest absolute Gasteiger partial charge is 0.191 e. The van der Waals surface area contributed by atoms with Crippen molar-refractivity contribution in [1.82, 2.24) is 0 Å². The van der Waals surface area contributed by atoms with E-state index in [2.05, 4.69) is 15.9 Å². The number of halogens is 1. The molecule has 3 nitrogen and oxygen atoms in total. The largest absolute Gasteiger partial charge is 0.289 e. The Morgan fingerprint density at radius 3 is 2.57 bits per heavy atom. The van der Waals surface area contributed by atoms with E-state index in [1.54, 1.807) is 24.3 Å². The maximum atomic E-state index is 12.4. The Kier molecular flexibility index (Phi) is 3.55. The molecule has 2 aromatic carbocycles. The zero-order valence-electron chi connectivity index (χ0n) is 10.9. The van der Waals surface area contributed by atoms with E-state index in [4.69, 9.17) is 0 Å². The highest BCUT2D eigenvalue weighted by atomic mass is 79.9. The van der Waals surface area contributed by atoms with Crippen LogP contribution in [0.4, 0.5) is 0 Å². The molecule has 2 aromatic rings. The molecule has 106 valence electrons. The Balaban J connectivity index is 2.13. The Labute approximate surface area is 131 Å². The SMILES string of the molecule is O=C1C(=Cc2cccc(Br)c2)CS(=O)(=O)c2ccccc21. The van der Waals surface area contributed by atoms with Crippen molar-refractivity contribution in [3.63, 3.8) is 0 Å². The first-order valence-corrected chi connectivity index (χ1v) is 8.74. The summed E-state index contributed by atoms with van der Waals surface area (Å²) in [7, 11) is -3.46. The number of ketones is 1. The maximum Gasteiger partial charge on any atom is 0.191 e. The van der Waals surface area contributed by atoms with E-state index >= 15 is 0 Å². The molecule has 1 aliphatic heterocycles. The van der Waals surface area contributed by atoms with E-state index in [9.17, 15) is 13.2 Å². The third-order valence-corrected chi connectivity index (χ3v) is 5.50. The lowest BCUT2D eigenvalue weighted by atomic mass is 10.0.